The average molecular weight is 286 g/mol. The van der Waals surface area contributed by atoms with E-state index in [-0.39, 0.29) is 0 Å². The lowest BCUT2D eigenvalue weighted by Gasteiger charge is -2.13. The van der Waals surface area contributed by atoms with Gasteiger partial charge in [-0.3, -0.25) is 0 Å². The maximum atomic E-state index is 9.07. The van der Waals surface area contributed by atoms with Gasteiger partial charge < -0.3 is 10.2 Å². The standard InChI is InChI=1S/C16H16ClN3/c1-20(2)15-7-3-12(4-8-15)11-19-16-9-14(17)6-5-13(16)10-18/h3-9,19H,11H2,1-2H3. The van der Waals surface area contributed by atoms with Gasteiger partial charge in [-0.2, -0.15) is 5.26 Å². The van der Waals surface area contributed by atoms with Gasteiger partial charge in [0, 0.05) is 31.4 Å². The fraction of sp³-hybridized carbons (Fsp3) is 0.188. The first-order valence-corrected chi connectivity index (χ1v) is 6.68. The number of halogens is 1. The van der Waals surface area contributed by atoms with E-state index in [0.717, 1.165) is 16.9 Å². The molecule has 3 nitrogen and oxygen atoms in total. The molecule has 0 amide bonds. The molecule has 102 valence electrons. The minimum absolute atomic E-state index is 0.597. The molecule has 0 fully saturated rings. The second-order valence-electron chi connectivity index (χ2n) is 4.72. The third kappa shape index (κ3) is 3.43. The van der Waals surface area contributed by atoms with Crippen molar-refractivity contribution in [1.29, 1.82) is 5.26 Å². The Morgan fingerprint density at radius 3 is 2.45 bits per heavy atom. The Balaban J connectivity index is 2.09. The molecule has 2 rings (SSSR count). The number of hydrogen-bond donors (Lipinski definition) is 1. The van der Waals surface area contributed by atoms with Crippen LogP contribution >= 0.6 is 11.6 Å². The van der Waals surface area contributed by atoms with Crippen molar-refractivity contribution in [2.75, 3.05) is 24.3 Å². The summed E-state index contributed by atoms with van der Waals surface area (Å²) in [4.78, 5) is 2.06. The molecule has 0 saturated heterocycles. The summed E-state index contributed by atoms with van der Waals surface area (Å²) in [6.45, 7) is 0.655. The van der Waals surface area contributed by atoms with Crippen LogP contribution in [0, 0.1) is 11.3 Å². The van der Waals surface area contributed by atoms with E-state index < -0.39 is 0 Å². The zero-order valence-electron chi connectivity index (χ0n) is 11.5. The Kier molecular flexibility index (Phi) is 4.49. The number of benzene rings is 2. The number of anilines is 2. The molecule has 0 heterocycles. The Morgan fingerprint density at radius 2 is 1.85 bits per heavy atom. The summed E-state index contributed by atoms with van der Waals surface area (Å²) in [5.41, 5.74) is 3.67. The lowest BCUT2D eigenvalue weighted by atomic mass is 10.1. The van der Waals surface area contributed by atoms with E-state index in [1.54, 1.807) is 18.2 Å². The van der Waals surface area contributed by atoms with Crippen LogP contribution in [0.15, 0.2) is 42.5 Å². The first-order valence-electron chi connectivity index (χ1n) is 6.30. The molecule has 0 spiro atoms. The summed E-state index contributed by atoms with van der Waals surface area (Å²) in [7, 11) is 4.02. The lowest BCUT2D eigenvalue weighted by molar-refractivity contribution is 1.11. The van der Waals surface area contributed by atoms with Crippen LogP contribution in [-0.4, -0.2) is 14.1 Å². The van der Waals surface area contributed by atoms with Crippen LogP contribution in [0.3, 0.4) is 0 Å². The highest BCUT2D eigenvalue weighted by atomic mass is 35.5. The van der Waals surface area contributed by atoms with Crippen molar-refractivity contribution in [3.63, 3.8) is 0 Å². The van der Waals surface area contributed by atoms with Crippen LogP contribution < -0.4 is 10.2 Å². The largest absolute Gasteiger partial charge is 0.380 e. The van der Waals surface area contributed by atoms with Crippen molar-refractivity contribution in [1.82, 2.24) is 0 Å². The maximum Gasteiger partial charge on any atom is 0.101 e. The van der Waals surface area contributed by atoms with E-state index in [4.69, 9.17) is 16.9 Å². The summed E-state index contributed by atoms with van der Waals surface area (Å²) < 4.78 is 0. The van der Waals surface area contributed by atoms with Crippen LogP contribution in [0.4, 0.5) is 11.4 Å². The molecule has 4 heteroatoms. The summed E-state index contributed by atoms with van der Waals surface area (Å²) in [6.07, 6.45) is 0. The second kappa shape index (κ2) is 6.31. The van der Waals surface area contributed by atoms with Crippen LogP contribution in [0.25, 0.3) is 0 Å². The third-order valence-corrected chi connectivity index (χ3v) is 3.27. The SMILES string of the molecule is CN(C)c1ccc(CNc2cc(Cl)ccc2C#N)cc1. The highest BCUT2D eigenvalue weighted by Gasteiger charge is 2.03. The Hall–Kier alpha value is -2.18. The Morgan fingerprint density at radius 1 is 1.15 bits per heavy atom. The zero-order chi connectivity index (χ0) is 14.5. The molecule has 0 radical (unpaired) electrons. The van der Waals surface area contributed by atoms with Crippen molar-refractivity contribution in [2.45, 2.75) is 6.54 Å². The molecule has 0 saturated carbocycles. The predicted molar refractivity (Wildman–Crippen MR) is 84.3 cm³/mol. The Bertz CT molecular complexity index is 627. The molecule has 0 unspecified atom stereocenters. The van der Waals surface area contributed by atoms with Gasteiger partial charge in [0.1, 0.15) is 6.07 Å². The van der Waals surface area contributed by atoms with Gasteiger partial charge in [0.2, 0.25) is 0 Å². The number of nitrogens with zero attached hydrogens (tertiary/aromatic N) is 2. The monoisotopic (exact) mass is 285 g/mol. The molecule has 0 bridgehead atoms. The van der Waals surface area contributed by atoms with Gasteiger partial charge in [0.15, 0.2) is 0 Å². The number of nitrogens with one attached hydrogen (secondary N) is 1. The minimum Gasteiger partial charge on any atom is -0.380 e. The molecular weight excluding hydrogens is 270 g/mol. The maximum absolute atomic E-state index is 9.07. The fourth-order valence-corrected chi connectivity index (χ4v) is 2.04. The highest BCUT2D eigenvalue weighted by molar-refractivity contribution is 6.30. The summed E-state index contributed by atoms with van der Waals surface area (Å²) in [5.74, 6) is 0. The first-order chi connectivity index (χ1) is 9.60. The van der Waals surface area contributed by atoms with Gasteiger partial charge in [0.05, 0.1) is 11.3 Å². The van der Waals surface area contributed by atoms with Gasteiger partial charge in [-0.1, -0.05) is 23.7 Å². The third-order valence-electron chi connectivity index (χ3n) is 3.04. The van der Waals surface area contributed by atoms with E-state index in [1.807, 2.05) is 14.1 Å². The lowest BCUT2D eigenvalue weighted by Crippen LogP contribution is -2.08. The molecular formula is C16H16ClN3. The topological polar surface area (TPSA) is 39.1 Å². The van der Waals surface area contributed by atoms with Crippen LogP contribution in [0.1, 0.15) is 11.1 Å². The molecule has 1 N–H and O–H groups in total. The van der Waals surface area contributed by atoms with Gasteiger partial charge >= 0.3 is 0 Å². The van der Waals surface area contributed by atoms with Crippen LogP contribution in [0.2, 0.25) is 5.02 Å². The predicted octanol–water partition coefficient (Wildman–Crippen LogP) is 3.89. The zero-order valence-corrected chi connectivity index (χ0v) is 12.3. The average Bonchev–Trinajstić information content (AvgIpc) is 2.45. The fourth-order valence-electron chi connectivity index (χ4n) is 1.87. The highest BCUT2D eigenvalue weighted by Crippen LogP contribution is 2.21. The van der Waals surface area contributed by atoms with Crippen molar-refractivity contribution < 1.29 is 0 Å². The van der Waals surface area contributed by atoms with E-state index in [0.29, 0.717) is 17.1 Å². The summed E-state index contributed by atoms with van der Waals surface area (Å²) in [6, 6.07) is 15.6. The molecule has 20 heavy (non-hydrogen) atoms. The second-order valence-corrected chi connectivity index (χ2v) is 5.15. The normalized spacial score (nSPS) is 9.90. The molecule has 0 aliphatic heterocycles. The van der Waals surface area contributed by atoms with E-state index in [2.05, 4.69) is 40.6 Å². The first kappa shape index (κ1) is 14.2. The Labute approximate surface area is 124 Å². The van der Waals surface area contributed by atoms with Gasteiger partial charge in [0.25, 0.3) is 0 Å². The number of rotatable bonds is 4. The molecule has 0 atom stereocenters. The van der Waals surface area contributed by atoms with Crippen molar-refractivity contribution in [3.8, 4) is 6.07 Å². The minimum atomic E-state index is 0.597. The van der Waals surface area contributed by atoms with Crippen LogP contribution in [0.5, 0.6) is 0 Å². The number of nitriles is 1. The van der Waals surface area contributed by atoms with Gasteiger partial charge in [-0.25, -0.2) is 0 Å². The molecule has 0 aliphatic rings. The smallest absolute Gasteiger partial charge is 0.101 e. The van der Waals surface area contributed by atoms with Gasteiger partial charge in [-0.15, -0.1) is 0 Å². The van der Waals surface area contributed by atoms with E-state index in [9.17, 15) is 0 Å². The van der Waals surface area contributed by atoms with Crippen molar-refractivity contribution in [2.24, 2.45) is 0 Å². The molecule has 0 aromatic heterocycles. The van der Waals surface area contributed by atoms with E-state index >= 15 is 0 Å². The molecule has 2 aromatic carbocycles. The number of hydrogen-bond acceptors (Lipinski definition) is 3. The summed E-state index contributed by atoms with van der Waals surface area (Å²) >= 11 is 5.96. The van der Waals surface area contributed by atoms with Crippen molar-refractivity contribution >= 4 is 23.0 Å². The molecule has 0 aliphatic carbocycles. The summed E-state index contributed by atoms with van der Waals surface area (Å²) in [5, 5.41) is 12.9. The van der Waals surface area contributed by atoms with Gasteiger partial charge in [-0.05, 0) is 35.9 Å². The van der Waals surface area contributed by atoms with E-state index in [1.165, 1.54) is 0 Å². The quantitative estimate of drug-likeness (QED) is 0.926. The van der Waals surface area contributed by atoms with Crippen molar-refractivity contribution in [3.05, 3.63) is 58.6 Å². The molecule has 2 aromatic rings. The van der Waals surface area contributed by atoms with Crippen LogP contribution in [-0.2, 0) is 6.54 Å².